The van der Waals surface area contributed by atoms with E-state index in [1.54, 1.807) is 37.5 Å². The van der Waals surface area contributed by atoms with E-state index in [1.165, 1.54) is 6.07 Å². The van der Waals surface area contributed by atoms with Crippen LogP contribution in [-0.4, -0.2) is 64.0 Å². The van der Waals surface area contributed by atoms with E-state index in [9.17, 15) is 27.9 Å². The molecule has 4 rings (SSSR count). The molecule has 0 radical (unpaired) electrons. The van der Waals surface area contributed by atoms with Crippen molar-refractivity contribution < 1.29 is 37.3 Å². The second-order valence-electron chi connectivity index (χ2n) is 10.5. The smallest absolute Gasteiger partial charge is 0.416 e. The number of carbonyl (C=O) groups is 2. The van der Waals surface area contributed by atoms with Gasteiger partial charge in [0.15, 0.2) is 0 Å². The maximum Gasteiger partial charge on any atom is 0.416 e. The van der Waals surface area contributed by atoms with E-state index >= 15 is 0 Å². The molecule has 0 bridgehead atoms. The van der Waals surface area contributed by atoms with E-state index in [1.807, 2.05) is 0 Å². The first-order valence-electron chi connectivity index (χ1n) is 11.7. The third-order valence-electron chi connectivity index (χ3n) is 6.89. The molecule has 1 N–H and O–H groups in total. The monoisotopic (exact) mass is 496 g/mol. The first kappa shape index (κ1) is 25.5. The van der Waals surface area contributed by atoms with E-state index in [-0.39, 0.29) is 19.6 Å². The molecular weight excluding hydrogens is 465 g/mol. The molecule has 1 spiro atoms. The van der Waals surface area contributed by atoms with Gasteiger partial charge in [0.25, 0.3) is 0 Å². The number of rotatable bonds is 2. The maximum absolute atomic E-state index is 13.2. The van der Waals surface area contributed by atoms with E-state index in [0.29, 0.717) is 42.5 Å². The second kappa shape index (κ2) is 8.81. The Hall–Kier alpha value is -2.59. The van der Waals surface area contributed by atoms with Gasteiger partial charge < -0.3 is 19.5 Å². The van der Waals surface area contributed by atoms with Crippen LogP contribution >= 0.6 is 0 Å². The van der Waals surface area contributed by atoms with Gasteiger partial charge in [-0.1, -0.05) is 6.07 Å². The molecule has 0 aliphatic carbocycles. The zero-order valence-corrected chi connectivity index (χ0v) is 20.4. The summed E-state index contributed by atoms with van der Waals surface area (Å²) in [7, 11) is 0. The Morgan fingerprint density at radius 2 is 1.80 bits per heavy atom. The molecule has 7 nitrogen and oxygen atoms in total. The van der Waals surface area contributed by atoms with E-state index in [2.05, 4.69) is 0 Å². The molecule has 1 saturated heterocycles. The van der Waals surface area contributed by atoms with Gasteiger partial charge >= 0.3 is 18.2 Å². The number of fused-ring (bicyclic) bond motifs is 1. The van der Waals surface area contributed by atoms with Crippen molar-refractivity contribution in [2.24, 2.45) is 0 Å². The Morgan fingerprint density at radius 1 is 1.14 bits per heavy atom. The molecule has 192 valence electrons. The lowest BCUT2D eigenvalue weighted by Gasteiger charge is -2.43. The Balaban J connectivity index is 1.53. The number of esters is 1. The number of benzene rings is 1. The van der Waals surface area contributed by atoms with Crippen LogP contribution in [0.15, 0.2) is 29.3 Å². The average molecular weight is 497 g/mol. The summed E-state index contributed by atoms with van der Waals surface area (Å²) in [5.41, 5.74) is -0.380. The number of aliphatic hydroxyl groups excluding tert-OH is 1. The number of hydrogen-bond acceptors (Lipinski definition) is 6. The largest absolute Gasteiger partial charge is 0.451 e. The number of amides is 1. The van der Waals surface area contributed by atoms with Gasteiger partial charge in [0.1, 0.15) is 17.4 Å². The number of likely N-dealkylation sites (tertiary alicyclic amines) is 1. The zero-order valence-electron chi connectivity index (χ0n) is 20.4. The number of halogens is 3. The SMILES string of the molecule is CC1=C(C(O)N2CCc3ccc(C(F)(F)F)cc3C2)C2(CCN(C(=O)OC(C)(C)C)CC2)OC1=O. The predicted molar refractivity (Wildman–Crippen MR) is 120 cm³/mol. The van der Waals surface area contributed by atoms with Gasteiger partial charge in [0, 0.05) is 50.2 Å². The molecule has 3 heterocycles. The number of ether oxygens (including phenoxy) is 2. The highest BCUT2D eigenvalue weighted by Gasteiger charge is 2.52. The van der Waals surface area contributed by atoms with Crippen LogP contribution in [0.4, 0.5) is 18.0 Å². The number of nitrogens with zero attached hydrogens (tertiary/aromatic N) is 2. The molecule has 35 heavy (non-hydrogen) atoms. The van der Waals surface area contributed by atoms with Crippen molar-refractivity contribution in [2.75, 3.05) is 19.6 Å². The standard InChI is InChI=1S/C25H31F3N2O5/c1-15-19(20(31)30-10-7-16-5-6-18(25(26,27)28)13-17(16)14-30)24(34-21(15)32)8-11-29(12-9-24)22(33)35-23(2,3)4/h5-6,13,20,31H,7-12,14H2,1-4H3. The van der Waals surface area contributed by atoms with Crippen molar-refractivity contribution >= 4 is 12.1 Å². The molecule has 1 amide bonds. The van der Waals surface area contributed by atoms with Crippen LogP contribution in [0.1, 0.15) is 57.2 Å². The summed E-state index contributed by atoms with van der Waals surface area (Å²) in [5.74, 6) is -0.526. The molecule has 1 unspecified atom stereocenters. The molecule has 1 aromatic rings. The molecule has 0 aromatic heterocycles. The van der Waals surface area contributed by atoms with Crippen molar-refractivity contribution in [2.45, 2.75) is 77.1 Å². The fraction of sp³-hybridized carbons (Fsp3) is 0.600. The Bertz CT molecular complexity index is 1050. The second-order valence-corrected chi connectivity index (χ2v) is 10.5. The average Bonchev–Trinajstić information content (AvgIpc) is 3.00. The minimum atomic E-state index is -4.45. The van der Waals surface area contributed by atoms with Crippen LogP contribution in [0, 0.1) is 0 Å². The lowest BCUT2D eigenvalue weighted by Crippen LogP contribution is -2.53. The highest BCUT2D eigenvalue weighted by Crippen LogP contribution is 2.44. The van der Waals surface area contributed by atoms with Gasteiger partial charge in [-0.2, -0.15) is 13.2 Å². The zero-order chi connectivity index (χ0) is 25.8. The minimum Gasteiger partial charge on any atom is -0.451 e. The highest BCUT2D eigenvalue weighted by molar-refractivity contribution is 5.92. The fourth-order valence-electron chi connectivity index (χ4n) is 5.08. The van der Waals surface area contributed by atoms with Crippen LogP contribution in [0.2, 0.25) is 0 Å². The first-order valence-corrected chi connectivity index (χ1v) is 11.7. The van der Waals surface area contributed by atoms with Gasteiger partial charge in [0.05, 0.1) is 5.56 Å². The van der Waals surface area contributed by atoms with Crippen molar-refractivity contribution in [3.05, 3.63) is 46.0 Å². The summed E-state index contributed by atoms with van der Waals surface area (Å²) < 4.78 is 50.8. The van der Waals surface area contributed by atoms with Gasteiger partial charge in [-0.15, -0.1) is 0 Å². The number of alkyl halides is 3. The molecule has 1 fully saturated rings. The normalized spacial score (nSPS) is 21.7. The quantitative estimate of drug-likeness (QED) is 0.623. The third kappa shape index (κ3) is 5.04. The highest BCUT2D eigenvalue weighted by atomic mass is 19.4. The summed E-state index contributed by atoms with van der Waals surface area (Å²) in [4.78, 5) is 28.3. The molecule has 0 saturated carbocycles. The first-order chi connectivity index (χ1) is 16.2. The fourth-order valence-corrected chi connectivity index (χ4v) is 5.08. The number of carbonyl (C=O) groups excluding carboxylic acids is 2. The minimum absolute atomic E-state index is 0.117. The molecule has 3 aliphatic heterocycles. The van der Waals surface area contributed by atoms with Gasteiger partial charge in [0.2, 0.25) is 0 Å². The Labute approximate surface area is 202 Å². The number of hydrogen-bond donors (Lipinski definition) is 1. The molecule has 3 aliphatic rings. The molecule has 10 heteroatoms. The van der Waals surface area contributed by atoms with Crippen LogP contribution in [0.25, 0.3) is 0 Å². The van der Waals surface area contributed by atoms with Crippen molar-refractivity contribution in [1.82, 2.24) is 9.80 Å². The van der Waals surface area contributed by atoms with Crippen LogP contribution in [0.5, 0.6) is 0 Å². The van der Waals surface area contributed by atoms with Crippen LogP contribution in [0.3, 0.4) is 0 Å². The van der Waals surface area contributed by atoms with Crippen molar-refractivity contribution in [3.63, 3.8) is 0 Å². The number of piperidine rings is 1. The third-order valence-corrected chi connectivity index (χ3v) is 6.89. The summed E-state index contributed by atoms with van der Waals surface area (Å²) in [6, 6.07) is 3.69. The van der Waals surface area contributed by atoms with E-state index < -0.39 is 41.2 Å². The summed E-state index contributed by atoms with van der Waals surface area (Å²) >= 11 is 0. The van der Waals surface area contributed by atoms with E-state index in [0.717, 1.165) is 17.7 Å². The maximum atomic E-state index is 13.2. The molecular formula is C25H31F3N2O5. The van der Waals surface area contributed by atoms with Crippen LogP contribution in [-0.2, 0) is 33.4 Å². The van der Waals surface area contributed by atoms with Crippen molar-refractivity contribution in [1.29, 1.82) is 0 Å². The van der Waals surface area contributed by atoms with E-state index in [4.69, 9.17) is 9.47 Å². The molecule has 1 aromatic carbocycles. The lowest BCUT2D eigenvalue weighted by molar-refractivity contribution is -0.151. The Morgan fingerprint density at radius 3 is 2.40 bits per heavy atom. The van der Waals surface area contributed by atoms with Gasteiger partial charge in [-0.05, 0) is 57.4 Å². The predicted octanol–water partition coefficient (Wildman–Crippen LogP) is 4.02. The van der Waals surface area contributed by atoms with Gasteiger partial charge in [-0.3, -0.25) is 4.90 Å². The number of aliphatic hydroxyl groups is 1. The molecule has 1 atom stereocenters. The van der Waals surface area contributed by atoms with Gasteiger partial charge in [-0.25, -0.2) is 9.59 Å². The summed E-state index contributed by atoms with van der Waals surface area (Å²) in [6.07, 6.45) is -5.03. The Kier molecular flexibility index (Phi) is 6.42. The summed E-state index contributed by atoms with van der Waals surface area (Å²) in [5, 5.41) is 11.4. The topological polar surface area (TPSA) is 79.3 Å². The summed E-state index contributed by atoms with van der Waals surface area (Å²) in [6.45, 7) is 8.04. The van der Waals surface area contributed by atoms with Crippen molar-refractivity contribution in [3.8, 4) is 0 Å². The lowest BCUT2D eigenvalue weighted by atomic mass is 9.81. The van der Waals surface area contributed by atoms with Crippen LogP contribution < -0.4 is 0 Å².